The number of rotatable bonds is 7. The third kappa shape index (κ3) is 3.80. The number of ether oxygens (including phenoxy) is 2. The summed E-state index contributed by atoms with van der Waals surface area (Å²) in [5.74, 6) is 1.30. The average molecular weight is 317 g/mol. The fourth-order valence-electron chi connectivity index (χ4n) is 2.15. The molecular weight excluding hydrogens is 298 g/mol. The van der Waals surface area contributed by atoms with Crippen molar-refractivity contribution in [2.24, 2.45) is 5.92 Å². The summed E-state index contributed by atoms with van der Waals surface area (Å²) in [6.45, 7) is 0.798. The van der Waals surface area contributed by atoms with Gasteiger partial charge in [-0.15, -0.1) is 0 Å². The molecule has 1 N–H and O–H groups in total. The van der Waals surface area contributed by atoms with E-state index < -0.39 is 6.04 Å². The highest BCUT2D eigenvalue weighted by atomic mass is 32.1. The van der Waals surface area contributed by atoms with E-state index in [4.69, 9.17) is 9.47 Å². The zero-order valence-corrected chi connectivity index (χ0v) is 13.3. The van der Waals surface area contributed by atoms with Gasteiger partial charge in [0.25, 0.3) is 0 Å². The Morgan fingerprint density at radius 1 is 1.32 bits per heavy atom. The van der Waals surface area contributed by atoms with Gasteiger partial charge in [0.2, 0.25) is 0 Å². The van der Waals surface area contributed by atoms with Crippen LogP contribution in [0, 0.1) is 5.92 Å². The lowest BCUT2D eigenvalue weighted by Gasteiger charge is -2.17. The number of nitrogens with one attached hydrogen (secondary N) is 1. The molecule has 4 nitrogen and oxygen atoms in total. The minimum absolute atomic E-state index is 0.299. The second kappa shape index (κ2) is 6.83. The molecule has 22 heavy (non-hydrogen) atoms. The van der Waals surface area contributed by atoms with Crippen LogP contribution in [0.1, 0.15) is 24.4 Å². The molecule has 1 aliphatic carbocycles. The van der Waals surface area contributed by atoms with E-state index in [2.05, 4.69) is 5.32 Å². The van der Waals surface area contributed by atoms with Gasteiger partial charge in [-0.3, -0.25) is 0 Å². The maximum Gasteiger partial charge on any atom is 0.333 e. The molecule has 2 aromatic rings. The molecule has 1 aromatic heterocycles. The van der Waals surface area contributed by atoms with E-state index in [-0.39, 0.29) is 5.97 Å². The quantitative estimate of drug-likeness (QED) is 0.788. The standard InChI is InChI=1S/C17H19NO3S/c1-20-17(19)16(13-8-9-22-11-13)18-14-4-6-15(7-5-14)21-10-12-2-3-12/h4-9,11-12,16,18H,2-3,10H2,1H3. The van der Waals surface area contributed by atoms with Crippen molar-refractivity contribution in [1.29, 1.82) is 0 Å². The summed E-state index contributed by atoms with van der Waals surface area (Å²) in [6.07, 6.45) is 2.56. The summed E-state index contributed by atoms with van der Waals surface area (Å²) >= 11 is 1.56. The summed E-state index contributed by atoms with van der Waals surface area (Å²) in [7, 11) is 1.40. The van der Waals surface area contributed by atoms with Gasteiger partial charge in [-0.1, -0.05) is 0 Å². The second-order valence-electron chi connectivity index (χ2n) is 5.44. The highest BCUT2D eigenvalue weighted by Crippen LogP contribution is 2.30. The molecule has 1 fully saturated rings. The van der Waals surface area contributed by atoms with Crippen LogP contribution in [0.15, 0.2) is 41.1 Å². The Labute approximate surface area is 134 Å². The van der Waals surface area contributed by atoms with Crippen molar-refractivity contribution in [3.8, 4) is 5.75 Å². The van der Waals surface area contributed by atoms with Gasteiger partial charge >= 0.3 is 5.97 Å². The summed E-state index contributed by atoms with van der Waals surface area (Å²) in [5.41, 5.74) is 1.77. The summed E-state index contributed by atoms with van der Waals surface area (Å²) in [4.78, 5) is 12.0. The third-order valence-corrected chi connectivity index (χ3v) is 4.36. The molecule has 1 aliphatic rings. The van der Waals surface area contributed by atoms with Gasteiger partial charge in [-0.2, -0.15) is 11.3 Å². The van der Waals surface area contributed by atoms with Crippen molar-refractivity contribution in [3.05, 3.63) is 46.7 Å². The second-order valence-corrected chi connectivity index (χ2v) is 6.22. The number of carbonyl (C=O) groups excluding carboxylic acids is 1. The molecule has 0 aliphatic heterocycles. The van der Waals surface area contributed by atoms with E-state index in [0.29, 0.717) is 0 Å². The van der Waals surface area contributed by atoms with Crippen molar-refractivity contribution < 1.29 is 14.3 Å². The van der Waals surface area contributed by atoms with Crippen molar-refractivity contribution in [2.75, 3.05) is 19.0 Å². The number of benzene rings is 1. The summed E-state index contributed by atoms with van der Waals surface area (Å²) in [5, 5.41) is 7.11. The Hall–Kier alpha value is -2.01. The maximum atomic E-state index is 12.0. The molecule has 0 saturated heterocycles. The van der Waals surface area contributed by atoms with Crippen LogP contribution < -0.4 is 10.1 Å². The molecule has 5 heteroatoms. The molecule has 3 rings (SSSR count). The molecule has 116 valence electrons. The molecule has 0 radical (unpaired) electrons. The lowest BCUT2D eigenvalue weighted by molar-refractivity contribution is -0.141. The minimum atomic E-state index is -0.491. The smallest absolute Gasteiger partial charge is 0.333 e. The van der Waals surface area contributed by atoms with Gasteiger partial charge in [-0.05, 0) is 65.4 Å². The predicted octanol–water partition coefficient (Wildman–Crippen LogP) is 3.86. The Bertz CT molecular complexity index is 605. The summed E-state index contributed by atoms with van der Waals surface area (Å²) < 4.78 is 10.6. The number of methoxy groups -OCH3 is 1. The van der Waals surface area contributed by atoms with Crippen LogP contribution in [-0.4, -0.2) is 19.7 Å². The average Bonchev–Trinajstić information content (AvgIpc) is 3.23. The first-order valence-electron chi connectivity index (χ1n) is 7.35. The van der Waals surface area contributed by atoms with Gasteiger partial charge in [0.05, 0.1) is 13.7 Å². The lowest BCUT2D eigenvalue weighted by Crippen LogP contribution is -2.21. The maximum absolute atomic E-state index is 12.0. The number of hydrogen-bond donors (Lipinski definition) is 1. The van der Waals surface area contributed by atoms with Crippen molar-refractivity contribution in [1.82, 2.24) is 0 Å². The van der Waals surface area contributed by atoms with E-state index >= 15 is 0 Å². The van der Waals surface area contributed by atoms with E-state index in [1.807, 2.05) is 41.1 Å². The molecule has 0 spiro atoms. The van der Waals surface area contributed by atoms with E-state index in [9.17, 15) is 4.79 Å². The van der Waals surface area contributed by atoms with Crippen LogP contribution >= 0.6 is 11.3 Å². The number of anilines is 1. The van der Waals surface area contributed by atoms with Crippen LogP contribution in [-0.2, 0) is 9.53 Å². The Balaban J connectivity index is 1.65. The van der Waals surface area contributed by atoms with Crippen molar-refractivity contribution in [2.45, 2.75) is 18.9 Å². The van der Waals surface area contributed by atoms with Crippen LogP contribution in [0.2, 0.25) is 0 Å². The van der Waals surface area contributed by atoms with Crippen LogP contribution in [0.25, 0.3) is 0 Å². The van der Waals surface area contributed by atoms with Crippen molar-refractivity contribution in [3.63, 3.8) is 0 Å². The molecule has 1 unspecified atom stereocenters. The molecule has 1 heterocycles. The van der Waals surface area contributed by atoms with E-state index in [1.165, 1.54) is 20.0 Å². The first-order chi connectivity index (χ1) is 10.8. The fourth-order valence-corrected chi connectivity index (χ4v) is 2.83. The zero-order valence-electron chi connectivity index (χ0n) is 12.5. The topological polar surface area (TPSA) is 47.6 Å². The first kappa shape index (κ1) is 14.9. The first-order valence-corrected chi connectivity index (χ1v) is 8.30. The minimum Gasteiger partial charge on any atom is -0.493 e. The molecule has 1 atom stereocenters. The monoisotopic (exact) mass is 317 g/mol. The van der Waals surface area contributed by atoms with E-state index in [0.717, 1.165) is 29.5 Å². The van der Waals surface area contributed by atoms with Crippen LogP contribution in [0.4, 0.5) is 5.69 Å². The van der Waals surface area contributed by atoms with Gasteiger partial charge in [0.1, 0.15) is 5.75 Å². The van der Waals surface area contributed by atoms with Crippen LogP contribution in [0.3, 0.4) is 0 Å². The SMILES string of the molecule is COC(=O)C(Nc1ccc(OCC2CC2)cc1)c1ccsc1. The number of thiophene rings is 1. The lowest BCUT2D eigenvalue weighted by atomic mass is 10.1. The Kier molecular flexibility index (Phi) is 4.63. The predicted molar refractivity (Wildman–Crippen MR) is 87.4 cm³/mol. The van der Waals surface area contributed by atoms with Crippen LogP contribution in [0.5, 0.6) is 5.75 Å². The molecule has 0 bridgehead atoms. The van der Waals surface area contributed by atoms with Gasteiger partial charge in [0, 0.05) is 5.69 Å². The largest absolute Gasteiger partial charge is 0.493 e. The molecule has 0 amide bonds. The molecule has 1 aromatic carbocycles. The van der Waals surface area contributed by atoms with Crippen molar-refractivity contribution >= 4 is 23.0 Å². The fraction of sp³-hybridized carbons (Fsp3) is 0.353. The number of hydrogen-bond acceptors (Lipinski definition) is 5. The third-order valence-electron chi connectivity index (χ3n) is 3.66. The summed E-state index contributed by atoms with van der Waals surface area (Å²) in [6, 6.07) is 9.12. The highest BCUT2D eigenvalue weighted by molar-refractivity contribution is 7.08. The number of carbonyl (C=O) groups is 1. The molecular formula is C17H19NO3S. The zero-order chi connectivity index (χ0) is 15.4. The Morgan fingerprint density at radius 2 is 2.09 bits per heavy atom. The highest BCUT2D eigenvalue weighted by Gasteiger charge is 2.23. The van der Waals surface area contributed by atoms with Gasteiger partial charge in [-0.25, -0.2) is 4.79 Å². The number of esters is 1. The normalized spacial score (nSPS) is 15.1. The Morgan fingerprint density at radius 3 is 2.68 bits per heavy atom. The van der Waals surface area contributed by atoms with Gasteiger partial charge in [0.15, 0.2) is 6.04 Å². The molecule has 1 saturated carbocycles. The van der Waals surface area contributed by atoms with Gasteiger partial charge < -0.3 is 14.8 Å². The van der Waals surface area contributed by atoms with E-state index in [1.54, 1.807) is 11.3 Å².